The molecule has 0 radical (unpaired) electrons. The SMILES string of the molecule is CC(C)(C)c1ccnc(-n2c3ccccc3c3ccc(C(=C(c4ccccc4)c4ccccc4)c4cccc(OS(=O)(=O)C(F)(F)F)c4)cc32)c1. The van der Waals surface area contributed by atoms with Gasteiger partial charge in [0.15, 0.2) is 0 Å². The molecular formula is C42H33F3N2O3S. The van der Waals surface area contributed by atoms with Crippen molar-refractivity contribution in [1.82, 2.24) is 9.55 Å². The number of pyridine rings is 1. The molecule has 0 fully saturated rings. The molecular weight excluding hydrogens is 670 g/mol. The average Bonchev–Trinajstić information content (AvgIpc) is 3.44. The summed E-state index contributed by atoms with van der Waals surface area (Å²) in [6.45, 7) is 6.46. The highest BCUT2D eigenvalue weighted by Crippen LogP contribution is 2.41. The molecule has 9 heteroatoms. The number of aromatic nitrogens is 2. The van der Waals surface area contributed by atoms with Crippen LogP contribution in [0.15, 0.2) is 146 Å². The molecule has 0 amide bonds. The van der Waals surface area contributed by atoms with E-state index in [1.165, 1.54) is 18.2 Å². The highest BCUT2D eigenvalue weighted by molar-refractivity contribution is 7.88. The van der Waals surface area contributed by atoms with Crippen molar-refractivity contribution < 1.29 is 25.8 Å². The molecule has 0 unspecified atom stereocenters. The Morgan fingerprint density at radius 3 is 1.82 bits per heavy atom. The number of para-hydroxylation sites is 1. The van der Waals surface area contributed by atoms with Gasteiger partial charge in [0.2, 0.25) is 0 Å². The molecule has 0 aliphatic rings. The summed E-state index contributed by atoms with van der Waals surface area (Å²) in [4.78, 5) is 4.81. The lowest BCUT2D eigenvalue weighted by Gasteiger charge is -2.20. The number of alkyl halides is 3. The van der Waals surface area contributed by atoms with Gasteiger partial charge in [-0.2, -0.15) is 21.6 Å². The van der Waals surface area contributed by atoms with Gasteiger partial charge in [-0.1, -0.05) is 124 Å². The Balaban J connectivity index is 1.56. The Bertz CT molecular complexity index is 2490. The summed E-state index contributed by atoms with van der Waals surface area (Å²) in [6.07, 6.45) is 1.81. The Labute approximate surface area is 294 Å². The topological polar surface area (TPSA) is 61.2 Å². The van der Waals surface area contributed by atoms with Crippen LogP contribution in [-0.2, 0) is 15.5 Å². The summed E-state index contributed by atoms with van der Waals surface area (Å²) in [5.41, 5.74) is 1.63. The molecule has 7 rings (SSSR count). The van der Waals surface area contributed by atoms with Gasteiger partial charge in [0.25, 0.3) is 0 Å². The molecule has 256 valence electrons. The number of fused-ring (bicyclic) bond motifs is 3. The number of rotatable bonds is 7. The monoisotopic (exact) mass is 702 g/mol. The average molecular weight is 703 g/mol. The predicted octanol–water partition coefficient (Wildman–Crippen LogP) is 10.7. The molecule has 0 aliphatic carbocycles. The zero-order valence-corrected chi connectivity index (χ0v) is 28.8. The van der Waals surface area contributed by atoms with Crippen LogP contribution in [-0.4, -0.2) is 23.5 Å². The van der Waals surface area contributed by atoms with Crippen LogP contribution in [0.1, 0.15) is 48.6 Å². The third-order valence-corrected chi connectivity index (χ3v) is 9.77. The van der Waals surface area contributed by atoms with Gasteiger partial charge in [-0.3, -0.25) is 4.57 Å². The molecule has 5 aromatic carbocycles. The van der Waals surface area contributed by atoms with E-state index < -0.39 is 21.4 Å². The third kappa shape index (κ3) is 6.53. The molecule has 2 aromatic heterocycles. The fraction of sp³-hybridized carbons (Fsp3) is 0.119. The van der Waals surface area contributed by atoms with Crippen LogP contribution in [0, 0.1) is 0 Å². The summed E-state index contributed by atoms with van der Waals surface area (Å²) in [5, 5.41) is 2.03. The minimum absolute atomic E-state index is 0.121. The Morgan fingerprint density at radius 1 is 0.608 bits per heavy atom. The molecule has 7 aromatic rings. The minimum Gasteiger partial charge on any atom is -0.376 e. The van der Waals surface area contributed by atoms with E-state index in [1.54, 1.807) is 6.07 Å². The summed E-state index contributed by atoms with van der Waals surface area (Å²) >= 11 is 0. The van der Waals surface area contributed by atoms with Crippen LogP contribution in [0.4, 0.5) is 13.2 Å². The van der Waals surface area contributed by atoms with Crippen molar-refractivity contribution >= 4 is 43.1 Å². The zero-order valence-electron chi connectivity index (χ0n) is 28.0. The van der Waals surface area contributed by atoms with Crippen LogP contribution in [0.3, 0.4) is 0 Å². The molecule has 0 saturated heterocycles. The second-order valence-corrected chi connectivity index (χ2v) is 14.8. The van der Waals surface area contributed by atoms with Gasteiger partial charge >= 0.3 is 15.6 Å². The van der Waals surface area contributed by atoms with Crippen molar-refractivity contribution in [3.8, 4) is 11.6 Å². The highest BCUT2D eigenvalue weighted by atomic mass is 32.2. The molecule has 0 saturated carbocycles. The van der Waals surface area contributed by atoms with Gasteiger partial charge in [-0.15, -0.1) is 0 Å². The molecule has 0 spiro atoms. The van der Waals surface area contributed by atoms with Gasteiger partial charge in [-0.25, -0.2) is 4.98 Å². The molecule has 0 N–H and O–H groups in total. The fourth-order valence-electron chi connectivity index (χ4n) is 6.38. The quantitative estimate of drug-likeness (QED) is 0.0942. The summed E-state index contributed by atoms with van der Waals surface area (Å²) < 4.78 is 71.1. The summed E-state index contributed by atoms with van der Waals surface area (Å²) in [6, 6.07) is 43.4. The number of halogens is 3. The molecule has 0 bridgehead atoms. The Kier molecular flexibility index (Phi) is 8.55. The molecule has 51 heavy (non-hydrogen) atoms. The van der Waals surface area contributed by atoms with E-state index in [0.717, 1.165) is 55.5 Å². The van der Waals surface area contributed by atoms with Crippen LogP contribution in [0.2, 0.25) is 0 Å². The van der Waals surface area contributed by atoms with Crippen molar-refractivity contribution in [2.24, 2.45) is 0 Å². The van der Waals surface area contributed by atoms with Crippen molar-refractivity contribution in [3.63, 3.8) is 0 Å². The van der Waals surface area contributed by atoms with E-state index in [-0.39, 0.29) is 5.41 Å². The van der Waals surface area contributed by atoms with Gasteiger partial charge in [0.05, 0.1) is 11.0 Å². The first kappa shape index (κ1) is 33.8. The maximum Gasteiger partial charge on any atom is 0.534 e. The maximum absolute atomic E-state index is 13.4. The van der Waals surface area contributed by atoms with E-state index in [2.05, 4.69) is 53.8 Å². The van der Waals surface area contributed by atoms with Crippen molar-refractivity contribution in [2.75, 3.05) is 0 Å². The van der Waals surface area contributed by atoms with Crippen molar-refractivity contribution in [1.29, 1.82) is 0 Å². The van der Waals surface area contributed by atoms with E-state index in [9.17, 15) is 21.6 Å². The molecule has 0 atom stereocenters. The third-order valence-electron chi connectivity index (χ3n) is 8.79. The van der Waals surface area contributed by atoms with Crippen molar-refractivity contribution in [3.05, 3.63) is 174 Å². The van der Waals surface area contributed by atoms with Gasteiger partial charge in [0.1, 0.15) is 11.6 Å². The first-order valence-corrected chi connectivity index (χ1v) is 17.7. The second kappa shape index (κ2) is 12.9. The Morgan fingerprint density at radius 2 is 1.18 bits per heavy atom. The van der Waals surface area contributed by atoms with Crippen LogP contribution in [0.25, 0.3) is 38.8 Å². The second-order valence-electron chi connectivity index (χ2n) is 13.2. The van der Waals surface area contributed by atoms with Crippen molar-refractivity contribution in [2.45, 2.75) is 31.7 Å². The summed E-state index contributed by atoms with van der Waals surface area (Å²) in [7, 11) is -5.90. The van der Waals surface area contributed by atoms with E-state index in [1.807, 2.05) is 97.2 Å². The number of benzene rings is 5. The van der Waals surface area contributed by atoms with Crippen LogP contribution < -0.4 is 4.18 Å². The molecule has 2 heterocycles. The fourth-order valence-corrected chi connectivity index (χ4v) is 6.83. The highest BCUT2D eigenvalue weighted by Gasteiger charge is 2.48. The van der Waals surface area contributed by atoms with Crippen LogP contribution in [0.5, 0.6) is 5.75 Å². The van der Waals surface area contributed by atoms with Gasteiger partial charge in [0, 0.05) is 17.0 Å². The first-order valence-electron chi connectivity index (χ1n) is 16.3. The maximum atomic E-state index is 13.4. The lowest BCUT2D eigenvalue weighted by atomic mass is 9.85. The smallest absolute Gasteiger partial charge is 0.376 e. The standard InChI is InChI=1S/C42H33F3N2O3S/c1-41(2,3)32-23-24-46-38(27-32)47-36-20-11-10-19-34(36)35-22-21-31(26-37(35)47)40(30-17-12-18-33(25-30)50-51(48,49)42(43,44)45)39(28-13-6-4-7-14-28)29-15-8-5-9-16-29/h4-27H,1-3H3. The number of hydrogen-bond donors (Lipinski definition) is 0. The number of hydrogen-bond acceptors (Lipinski definition) is 4. The lowest BCUT2D eigenvalue weighted by Crippen LogP contribution is -2.28. The normalized spacial score (nSPS) is 12.3. The first-order chi connectivity index (χ1) is 24.3. The minimum atomic E-state index is -5.90. The molecule has 0 aliphatic heterocycles. The van der Waals surface area contributed by atoms with Gasteiger partial charge in [-0.05, 0) is 80.8 Å². The Hall–Kier alpha value is -5.67. The number of nitrogens with zero attached hydrogens (tertiary/aromatic N) is 2. The molecule has 5 nitrogen and oxygen atoms in total. The lowest BCUT2D eigenvalue weighted by molar-refractivity contribution is -0.0500. The summed E-state index contributed by atoms with van der Waals surface area (Å²) in [5.74, 6) is 0.289. The van der Waals surface area contributed by atoms with E-state index in [4.69, 9.17) is 4.98 Å². The predicted molar refractivity (Wildman–Crippen MR) is 197 cm³/mol. The van der Waals surface area contributed by atoms with E-state index in [0.29, 0.717) is 11.1 Å². The van der Waals surface area contributed by atoms with Crippen LogP contribution >= 0.6 is 0 Å². The zero-order chi connectivity index (χ0) is 36.0. The van der Waals surface area contributed by atoms with Gasteiger partial charge < -0.3 is 4.18 Å². The van der Waals surface area contributed by atoms with E-state index >= 15 is 0 Å². The largest absolute Gasteiger partial charge is 0.534 e.